The van der Waals surface area contributed by atoms with Crippen LogP contribution >= 0.6 is 0 Å². The van der Waals surface area contributed by atoms with Gasteiger partial charge >= 0.3 is 0 Å². The molecule has 7 nitrogen and oxygen atoms in total. The van der Waals surface area contributed by atoms with Gasteiger partial charge in [0.15, 0.2) is 0 Å². The van der Waals surface area contributed by atoms with Gasteiger partial charge in [-0.2, -0.15) is 0 Å². The van der Waals surface area contributed by atoms with Gasteiger partial charge in [-0.1, -0.05) is 30.3 Å². The Kier molecular flexibility index (Phi) is 6.91. The molecule has 0 unspecified atom stereocenters. The number of rotatable bonds is 5. The lowest BCUT2D eigenvalue weighted by molar-refractivity contribution is -0.141. The van der Waals surface area contributed by atoms with Crippen molar-refractivity contribution in [1.82, 2.24) is 24.8 Å². The van der Waals surface area contributed by atoms with E-state index in [4.69, 9.17) is 0 Å². The molecule has 0 bridgehead atoms. The molecule has 188 valence electrons. The minimum Gasteiger partial charge on any atom is -0.333 e. The predicted octanol–water partition coefficient (Wildman–Crippen LogP) is 4.56. The van der Waals surface area contributed by atoms with Crippen LogP contribution in [0.3, 0.4) is 0 Å². The Hall–Kier alpha value is -3.46. The van der Waals surface area contributed by atoms with Crippen LogP contribution in [0.4, 0.5) is 20.4 Å². The fourth-order valence-electron chi connectivity index (χ4n) is 5.29. The summed E-state index contributed by atoms with van der Waals surface area (Å²) in [4.78, 5) is 30.9. The fourth-order valence-corrected chi connectivity index (χ4v) is 5.29. The van der Waals surface area contributed by atoms with Crippen LogP contribution < -0.4 is 5.32 Å². The number of benzene rings is 1. The molecule has 2 aromatic heterocycles. The highest BCUT2D eigenvalue weighted by molar-refractivity contribution is 5.81. The molecule has 36 heavy (non-hydrogen) atoms. The van der Waals surface area contributed by atoms with Crippen molar-refractivity contribution in [3.63, 3.8) is 0 Å². The lowest BCUT2D eigenvalue weighted by atomic mass is 9.79. The third kappa shape index (κ3) is 5.06. The standard InChI is InChI=1S/C27H30F2N6O/c1-17-12-19-14-31-27(32-20-8-10-30-23(13-20)25(28)29)33-24(19)16-35(17)26(36)21-9-11-34(2)15-22(21)18-6-4-3-5-7-18/h3-8,10,13-14,17,21-22,25H,9,11-12,15-16H2,1-2H3,(H,30,31,32,33)/t17-,21+,22-/m1/s1. The predicted molar refractivity (Wildman–Crippen MR) is 133 cm³/mol. The normalized spacial score (nSPS) is 22.4. The minimum absolute atomic E-state index is 0.0392. The van der Waals surface area contributed by atoms with Crippen LogP contribution in [0.1, 0.15) is 48.2 Å². The number of anilines is 2. The van der Waals surface area contributed by atoms with Crippen LogP contribution in [0.5, 0.6) is 0 Å². The van der Waals surface area contributed by atoms with Gasteiger partial charge in [-0.05, 0) is 56.6 Å². The van der Waals surface area contributed by atoms with Crippen LogP contribution in [-0.4, -0.2) is 56.8 Å². The first-order chi connectivity index (χ1) is 17.4. The third-order valence-electron chi connectivity index (χ3n) is 7.23. The second-order valence-electron chi connectivity index (χ2n) is 9.75. The molecule has 4 heterocycles. The maximum Gasteiger partial charge on any atom is 0.280 e. The first-order valence-electron chi connectivity index (χ1n) is 12.3. The summed E-state index contributed by atoms with van der Waals surface area (Å²) < 4.78 is 26.0. The van der Waals surface area contributed by atoms with Crippen molar-refractivity contribution in [2.24, 2.45) is 5.92 Å². The summed E-state index contributed by atoms with van der Waals surface area (Å²) in [6.45, 7) is 4.21. The number of carbonyl (C=O) groups is 1. The molecule has 3 aromatic rings. The zero-order chi connectivity index (χ0) is 25.2. The Bertz CT molecular complexity index is 1220. The molecule has 1 N–H and O–H groups in total. The van der Waals surface area contributed by atoms with Crippen molar-refractivity contribution < 1.29 is 13.6 Å². The average molecular weight is 493 g/mol. The second-order valence-corrected chi connectivity index (χ2v) is 9.75. The maximum absolute atomic E-state index is 13.9. The Morgan fingerprint density at radius 1 is 1.17 bits per heavy atom. The summed E-state index contributed by atoms with van der Waals surface area (Å²) in [5.41, 5.74) is 3.11. The van der Waals surface area contributed by atoms with Gasteiger partial charge in [0.2, 0.25) is 11.9 Å². The molecule has 0 aliphatic carbocycles. The van der Waals surface area contributed by atoms with Crippen molar-refractivity contribution in [2.45, 2.75) is 44.7 Å². The van der Waals surface area contributed by atoms with E-state index in [0.29, 0.717) is 24.6 Å². The SMILES string of the molecule is C[C@@H]1Cc2cnc(Nc3ccnc(C(F)F)c3)nc2CN1C(=O)[C@H]1CCN(C)C[C@@H]1c1ccccc1. The number of amides is 1. The van der Waals surface area contributed by atoms with E-state index in [1.165, 1.54) is 17.8 Å². The number of nitrogens with one attached hydrogen (secondary N) is 1. The van der Waals surface area contributed by atoms with Crippen LogP contribution in [0.15, 0.2) is 54.9 Å². The molecule has 5 rings (SSSR count). The molecule has 1 amide bonds. The molecule has 9 heteroatoms. The van der Waals surface area contributed by atoms with Crippen LogP contribution in [0, 0.1) is 5.92 Å². The molecule has 1 saturated heterocycles. The van der Waals surface area contributed by atoms with Gasteiger partial charge in [0, 0.05) is 42.5 Å². The molecular formula is C27H30F2N6O. The van der Waals surface area contributed by atoms with Crippen molar-refractivity contribution in [3.05, 3.63) is 77.4 Å². The number of pyridine rings is 1. The largest absolute Gasteiger partial charge is 0.333 e. The number of likely N-dealkylation sites (tertiary alicyclic amines) is 1. The zero-order valence-electron chi connectivity index (χ0n) is 20.4. The van der Waals surface area contributed by atoms with E-state index in [2.05, 4.69) is 51.3 Å². The van der Waals surface area contributed by atoms with Crippen LogP contribution in [0.25, 0.3) is 0 Å². The fraction of sp³-hybridized carbons (Fsp3) is 0.407. The average Bonchev–Trinajstić information content (AvgIpc) is 2.88. The van der Waals surface area contributed by atoms with Gasteiger partial charge in [0.05, 0.1) is 12.2 Å². The second kappa shape index (κ2) is 10.3. The molecule has 3 atom stereocenters. The molecule has 1 aromatic carbocycles. The van der Waals surface area contributed by atoms with Crippen molar-refractivity contribution >= 4 is 17.5 Å². The number of halogens is 2. The number of piperidine rings is 1. The summed E-state index contributed by atoms with van der Waals surface area (Å²) in [5.74, 6) is 0.531. The molecule has 2 aliphatic heterocycles. The summed E-state index contributed by atoms with van der Waals surface area (Å²) in [6, 6.07) is 13.2. The Labute approximate surface area is 209 Å². The van der Waals surface area contributed by atoms with E-state index in [-0.39, 0.29) is 29.5 Å². The summed E-state index contributed by atoms with van der Waals surface area (Å²) in [6.07, 6.45) is 1.93. The number of aromatic nitrogens is 3. The molecule has 0 saturated carbocycles. The first-order valence-corrected chi connectivity index (χ1v) is 12.3. The van der Waals surface area contributed by atoms with Crippen molar-refractivity contribution in [3.8, 4) is 0 Å². The smallest absolute Gasteiger partial charge is 0.280 e. The van der Waals surface area contributed by atoms with Crippen LogP contribution in [0.2, 0.25) is 0 Å². The lowest BCUT2D eigenvalue weighted by Gasteiger charge is -2.42. The molecular weight excluding hydrogens is 462 g/mol. The highest BCUT2D eigenvalue weighted by atomic mass is 19.3. The number of likely N-dealkylation sites (N-methyl/N-ethyl adjacent to an activating group) is 1. The Morgan fingerprint density at radius 2 is 1.97 bits per heavy atom. The van der Waals surface area contributed by atoms with Gasteiger partial charge in [-0.3, -0.25) is 9.78 Å². The Balaban J connectivity index is 1.36. The number of carbonyl (C=O) groups excluding carboxylic acids is 1. The van der Waals surface area contributed by atoms with E-state index in [1.807, 2.05) is 23.1 Å². The number of hydrogen-bond donors (Lipinski definition) is 1. The number of hydrogen-bond acceptors (Lipinski definition) is 6. The van der Waals surface area contributed by atoms with Gasteiger partial charge in [0.25, 0.3) is 6.43 Å². The maximum atomic E-state index is 13.9. The Morgan fingerprint density at radius 3 is 2.75 bits per heavy atom. The van der Waals surface area contributed by atoms with E-state index in [9.17, 15) is 13.6 Å². The summed E-state index contributed by atoms with van der Waals surface area (Å²) >= 11 is 0. The quantitative estimate of drug-likeness (QED) is 0.563. The summed E-state index contributed by atoms with van der Waals surface area (Å²) in [7, 11) is 2.11. The number of fused-ring (bicyclic) bond motifs is 1. The molecule has 0 radical (unpaired) electrons. The minimum atomic E-state index is -2.66. The first kappa shape index (κ1) is 24.2. The molecule has 2 aliphatic rings. The monoisotopic (exact) mass is 492 g/mol. The summed E-state index contributed by atoms with van der Waals surface area (Å²) in [5, 5.41) is 3.00. The zero-order valence-corrected chi connectivity index (χ0v) is 20.4. The van der Waals surface area contributed by atoms with Crippen molar-refractivity contribution in [2.75, 3.05) is 25.5 Å². The van der Waals surface area contributed by atoms with Gasteiger partial charge in [0.1, 0.15) is 5.69 Å². The van der Waals surface area contributed by atoms with Gasteiger partial charge in [-0.25, -0.2) is 18.7 Å². The van der Waals surface area contributed by atoms with E-state index in [0.717, 1.165) is 30.8 Å². The van der Waals surface area contributed by atoms with Crippen LogP contribution in [-0.2, 0) is 17.8 Å². The van der Waals surface area contributed by atoms with Crippen molar-refractivity contribution in [1.29, 1.82) is 0 Å². The van der Waals surface area contributed by atoms with Gasteiger partial charge < -0.3 is 15.1 Å². The number of alkyl halides is 2. The highest BCUT2D eigenvalue weighted by Crippen LogP contribution is 2.35. The number of nitrogens with zero attached hydrogens (tertiary/aromatic N) is 5. The van der Waals surface area contributed by atoms with E-state index in [1.54, 1.807) is 12.3 Å². The van der Waals surface area contributed by atoms with E-state index >= 15 is 0 Å². The lowest BCUT2D eigenvalue weighted by Crippen LogP contribution is -2.50. The third-order valence-corrected chi connectivity index (χ3v) is 7.23. The van der Waals surface area contributed by atoms with E-state index < -0.39 is 6.43 Å². The molecule has 0 spiro atoms. The molecule has 1 fully saturated rings. The topological polar surface area (TPSA) is 74.2 Å². The van der Waals surface area contributed by atoms with Gasteiger partial charge in [-0.15, -0.1) is 0 Å². The highest BCUT2D eigenvalue weighted by Gasteiger charge is 2.39.